The lowest BCUT2D eigenvalue weighted by molar-refractivity contribution is -0.0987. The van der Waals surface area contributed by atoms with Crippen LogP contribution in [0.15, 0.2) is 113 Å². The molecule has 0 aliphatic carbocycles. The number of nitrogen functional groups attached to an aromatic ring is 1. The van der Waals surface area contributed by atoms with E-state index in [0.717, 1.165) is 25.8 Å². The first-order valence-corrected chi connectivity index (χ1v) is 18.5. The van der Waals surface area contributed by atoms with Crippen molar-refractivity contribution in [1.29, 1.82) is 0 Å². The summed E-state index contributed by atoms with van der Waals surface area (Å²) in [5, 5.41) is 63.3. The molecule has 2 aliphatic heterocycles. The summed E-state index contributed by atoms with van der Waals surface area (Å²) in [6, 6.07) is 28.0. The van der Waals surface area contributed by atoms with Gasteiger partial charge in [0.1, 0.15) is 64.3 Å². The van der Waals surface area contributed by atoms with Gasteiger partial charge < -0.3 is 60.6 Å². The summed E-state index contributed by atoms with van der Waals surface area (Å²) < 4.78 is 23.8. The number of rotatable bonds is 11. The number of aromatic nitrogens is 4. The van der Waals surface area contributed by atoms with Gasteiger partial charge in [0, 0.05) is 12.4 Å². The summed E-state index contributed by atoms with van der Waals surface area (Å²) in [5.74, 6) is 1.70. The maximum absolute atomic E-state index is 13.3. The highest BCUT2D eigenvalue weighted by molar-refractivity contribution is 5.59. The molecule has 18 heteroatoms. The first-order valence-electron chi connectivity index (χ1n) is 18.5. The normalized spacial score (nSPS) is 26.5. The van der Waals surface area contributed by atoms with E-state index in [4.69, 9.17) is 29.8 Å². The number of nitrogens with two attached hydrogens (primary N) is 1. The van der Waals surface area contributed by atoms with Crippen LogP contribution in [0.4, 0.5) is 11.6 Å². The lowest BCUT2D eigenvalue weighted by Gasteiger charge is -2.37. The number of nitrogens with zero attached hydrogens (tertiary/aromatic N) is 4. The van der Waals surface area contributed by atoms with Crippen molar-refractivity contribution in [3.05, 3.63) is 141 Å². The van der Waals surface area contributed by atoms with Crippen LogP contribution in [0.25, 0.3) is 0 Å². The van der Waals surface area contributed by atoms with Crippen LogP contribution in [0, 0.1) is 0 Å². The predicted octanol–water partition coefficient (Wildman–Crippen LogP) is 0.493. The molecule has 8 atom stereocenters. The summed E-state index contributed by atoms with van der Waals surface area (Å²) >= 11 is 0. The fourth-order valence-corrected chi connectivity index (χ4v) is 7.32. The SMILES string of the molecule is COc1ccc(C(Nc2ccn([C@@H]3O[C@H](CO)C(O)[C@]3(C)O)c(=O)n2)(c2ccccc2)c2ccc(OC)cc2)cc1.C[C@]1(O)C(O)[C@@H](CO)O[C@H]1n1ccc(N)nc1=O. The van der Waals surface area contributed by atoms with Crippen LogP contribution in [0.2, 0.25) is 0 Å². The van der Waals surface area contributed by atoms with Crippen LogP contribution in [0.5, 0.6) is 11.5 Å². The Morgan fingerprint density at radius 1 is 0.695 bits per heavy atom. The third kappa shape index (κ3) is 8.17. The van der Waals surface area contributed by atoms with Crippen LogP contribution in [-0.4, -0.2) is 113 Å². The molecular formula is C41H48N6O12. The third-order valence-electron chi connectivity index (χ3n) is 10.6. The highest BCUT2D eigenvalue weighted by Gasteiger charge is 2.54. The maximum atomic E-state index is 13.3. The molecule has 2 fully saturated rings. The molecule has 4 heterocycles. The number of nitrogens with one attached hydrogen (secondary N) is 1. The number of aliphatic hydroxyl groups is 6. The van der Waals surface area contributed by atoms with Gasteiger partial charge in [-0.15, -0.1) is 0 Å². The highest BCUT2D eigenvalue weighted by Crippen LogP contribution is 2.42. The van der Waals surface area contributed by atoms with Gasteiger partial charge >= 0.3 is 11.4 Å². The van der Waals surface area contributed by atoms with Crippen LogP contribution in [0.3, 0.4) is 0 Å². The minimum absolute atomic E-state index is 0.0492. The van der Waals surface area contributed by atoms with Gasteiger partial charge in [-0.1, -0.05) is 54.6 Å². The summed E-state index contributed by atoms with van der Waals surface area (Å²) in [6.45, 7) is 1.69. The molecule has 18 nitrogen and oxygen atoms in total. The zero-order chi connectivity index (χ0) is 42.7. The van der Waals surface area contributed by atoms with E-state index in [2.05, 4.69) is 15.3 Å². The van der Waals surface area contributed by atoms with Crippen molar-refractivity contribution in [2.24, 2.45) is 0 Å². The number of methoxy groups -OCH3 is 2. The molecule has 2 aliphatic rings. The maximum Gasteiger partial charge on any atom is 0.351 e. The van der Waals surface area contributed by atoms with E-state index in [1.54, 1.807) is 20.3 Å². The number of benzene rings is 3. The van der Waals surface area contributed by atoms with Crippen molar-refractivity contribution in [3.8, 4) is 11.5 Å². The summed E-state index contributed by atoms with van der Waals surface area (Å²) in [6.07, 6.45) is -4.33. The second kappa shape index (κ2) is 17.3. The molecule has 59 heavy (non-hydrogen) atoms. The largest absolute Gasteiger partial charge is 0.497 e. The number of aliphatic hydroxyl groups excluding tert-OH is 4. The number of hydrogen-bond donors (Lipinski definition) is 8. The van der Waals surface area contributed by atoms with E-state index >= 15 is 0 Å². The van der Waals surface area contributed by atoms with Crippen molar-refractivity contribution in [2.45, 2.75) is 67.5 Å². The first-order chi connectivity index (χ1) is 28.1. The van der Waals surface area contributed by atoms with E-state index in [1.165, 1.54) is 32.3 Å². The summed E-state index contributed by atoms with van der Waals surface area (Å²) in [5.41, 5.74) is 2.01. The Bertz CT molecular complexity index is 2260. The topological polar surface area (TPSA) is 266 Å². The Morgan fingerprint density at radius 3 is 1.51 bits per heavy atom. The molecule has 2 aromatic heterocycles. The van der Waals surface area contributed by atoms with Crippen LogP contribution in [0.1, 0.15) is 43.0 Å². The molecule has 2 unspecified atom stereocenters. The van der Waals surface area contributed by atoms with Gasteiger partial charge in [0.25, 0.3) is 0 Å². The van der Waals surface area contributed by atoms with Crippen molar-refractivity contribution in [2.75, 3.05) is 38.5 Å². The molecule has 314 valence electrons. The molecule has 0 radical (unpaired) electrons. The molecule has 0 bridgehead atoms. The lowest BCUT2D eigenvalue weighted by Crippen LogP contribution is -2.46. The monoisotopic (exact) mass is 816 g/mol. The predicted molar refractivity (Wildman–Crippen MR) is 213 cm³/mol. The average molecular weight is 817 g/mol. The van der Waals surface area contributed by atoms with Gasteiger partial charge in [0.2, 0.25) is 0 Å². The molecular weight excluding hydrogens is 768 g/mol. The third-order valence-corrected chi connectivity index (χ3v) is 10.6. The van der Waals surface area contributed by atoms with Crippen LogP contribution < -0.4 is 31.9 Å². The smallest absolute Gasteiger partial charge is 0.351 e. The van der Waals surface area contributed by atoms with E-state index in [1.807, 2.05) is 78.9 Å². The Morgan fingerprint density at radius 2 is 1.12 bits per heavy atom. The molecule has 0 saturated carbocycles. The molecule has 3 aromatic carbocycles. The Kier molecular flexibility index (Phi) is 12.5. The molecule has 0 amide bonds. The standard InChI is InChI=1S/C31H33N3O7.C10H15N3O5/c1-30(38)27(36)25(19-35)41-28(30)34-18-17-26(32-29(34)37)33-31(20-7-5-4-6-8-20,21-9-13-23(39-2)14-10-21)22-11-15-24(40-3)16-12-22;1-10(17)7(15)5(4-14)18-8(10)13-3-2-6(11)12-9(13)16/h4-18,25,27-28,35-36,38H,19H2,1-3H3,(H,32,33,37);2-3,5,7-8,14-15,17H,4H2,1H3,(H2,11,12,16)/t25-,27?,28-,30+;5-,7?,8-,10+/m11/s1. The van der Waals surface area contributed by atoms with Crippen molar-refractivity contribution < 1.29 is 49.6 Å². The summed E-state index contributed by atoms with van der Waals surface area (Å²) in [4.78, 5) is 32.8. The number of ether oxygens (including phenoxy) is 4. The minimum atomic E-state index is -1.83. The summed E-state index contributed by atoms with van der Waals surface area (Å²) in [7, 11) is 3.21. The first kappa shape index (κ1) is 42.9. The van der Waals surface area contributed by atoms with Gasteiger partial charge in [-0.2, -0.15) is 9.97 Å². The van der Waals surface area contributed by atoms with Crippen molar-refractivity contribution in [3.63, 3.8) is 0 Å². The van der Waals surface area contributed by atoms with Crippen LogP contribution in [-0.2, 0) is 15.0 Å². The molecule has 2 saturated heterocycles. The van der Waals surface area contributed by atoms with Crippen molar-refractivity contribution in [1.82, 2.24) is 19.1 Å². The fraction of sp³-hybridized carbons (Fsp3) is 0.366. The Labute approximate surface area is 338 Å². The molecule has 9 N–H and O–H groups in total. The highest BCUT2D eigenvalue weighted by atomic mass is 16.6. The van der Waals surface area contributed by atoms with Crippen LogP contribution >= 0.6 is 0 Å². The van der Waals surface area contributed by atoms with Gasteiger partial charge in [0.05, 0.1) is 27.4 Å². The van der Waals surface area contributed by atoms with E-state index in [0.29, 0.717) is 11.5 Å². The minimum Gasteiger partial charge on any atom is -0.497 e. The molecule has 5 aromatic rings. The average Bonchev–Trinajstić information content (AvgIpc) is 3.61. The van der Waals surface area contributed by atoms with E-state index in [9.17, 15) is 35.1 Å². The lowest BCUT2D eigenvalue weighted by atomic mass is 9.77. The van der Waals surface area contributed by atoms with E-state index in [-0.39, 0.29) is 11.6 Å². The van der Waals surface area contributed by atoms with Gasteiger partial charge in [-0.3, -0.25) is 9.13 Å². The quantitative estimate of drug-likeness (QED) is 0.0844. The van der Waals surface area contributed by atoms with Crippen molar-refractivity contribution >= 4 is 11.6 Å². The Balaban J connectivity index is 0.000000271. The fourth-order valence-electron chi connectivity index (χ4n) is 7.32. The zero-order valence-corrected chi connectivity index (χ0v) is 32.7. The Hall–Kier alpha value is -5.70. The zero-order valence-electron chi connectivity index (χ0n) is 32.7. The number of anilines is 2. The second-order valence-electron chi connectivity index (χ2n) is 14.5. The van der Waals surface area contributed by atoms with E-state index < -0.39 is 78.2 Å². The number of hydrogen-bond acceptors (Lipinski definition) is 16. The second-order valence-corrected chi connectivity index (χ2v) is 14.5. The van der Waals surface area contributed by atoms with Gasteiger partial charge in [-0.25, -0.2) is 9.59 Å². The van der Waals surface area contributed by atoms with Gasteiger partial charge in [-0.05, 0) is 66.9 Å². The molecule has 7 rings (SSSR count). The molecule has 0 spiro atoms. The van der Waals surface area contributed by atoms with Gasteiger partial charge in [0.15, 0.2) is 12.5 Å².